The Morgan fingerprint density at radius 2 is 1.61 bits per heavy atom. The van der Waals surface area contributed by atoms with Gasteiger partial charge in [-0.05, 0) is 49.1 Å². The molecule has 0 radical (unpaired) electrons. The van der Waals surface area contributed by atoms with E-state index in [2.05, 4.69) is 5.32 Å². The van der Waals surface area contributed by atoms with Crippen LogP contribution in [0.4, 0.5) is 23.7 Å². The van der Waals surface area contributed by atoms with E-state index >= 15 is 0 Å². The number of carbonyl (C=O) groups excluding carboxylic acids is 4. The van der Waals surface area contributed by atoms with Gasteiger partial charge in [0.15, 0.2) is 0 Å². The van der Waals surface area contributed by atoms with E-state index in [9.17, 15) is 32.3 Å². The summed E-state index contributed by atoms with van der Waals surface area (Å²) in [7, 11) is 1.44. The van der Waals surface area contributed by atoms with Gasteiger partial charge in [-0.3, -0.25) is 24.2 Å². The van der Waals surface area contributed by atoms with Crippen molar-refractivity contribution in [1.29, 1.82) is 0 Å². The van der Waals surface area contributed by atoms with Crippen molar-refractivity contribution < 1.29 is 32.3 Å². The summed E-state index contributed by atoms with van der Waals surface area (Å²) in [5, 5.41) is 2.59. The van der Waals surface area contributed by atoms with Gasteiger partial charge in [0.1, 0.15) is 11.6 Å². The van der Waals surface area contributed by atoms with Crippen molar-refractivity contribution in [2.45, 2.75) is 44.4 Å². The molecule has 2 aromatic carbocycles. The van der Waals surface area contributed by atoms with Crippen LogP contribution in [0.1, 0.15) is 42.6 Å². The molecule has 1 unspecified atom stereocenters. The second-order valence-electron chi connectivity index (χ2n) is 9.95. The van der Waals surface area contributed by atoms with E-state index in [4.69, 9.17) is 0 Å². The third-order valence-electron chi connectivity index (χ3n) is 7.20. The summed E-state index contributed by atoms with van der Waals surface area (Å²) in [6, 6.07) is 11.5. The smallest absolute Gasteiger partial charge is 0.341 e. The highest BCUT2D eigenvalue weighted by atomic mass is 19.4. The molecule has 1 N–H and O–H groups in total. The van der Waals surface area contributed by atoms with Crippen molar-refractivity contribution in [2.24, 2.45) is 5.92 Å². The average Bonchev–Trinajstić information content (AvgIpc) is 3.07. The minimum absolute atomic E-state index is 0.164. The molecule has 11 heteroatoms. The van der Waals surface area contributed by atoms with Gasteiger partial charge in [-0.2, -0.15) is 13.2 Å². The predicted octanol–water partition coefficient (Wildman–Crippen LogP) is 3.92. The van der Waals surface area contributed by atoms with Crippen molar-refractivity contribution in [3.8, 4) is 0 Å². The predicted molar refractivity (Wildman–Crippen MR) is 133 cm³/mol. The third-order valence-corrected chi connectivity index (χ3v) is 7.20. The number of benzene rings is 2. The van der Waals surface area contributed by atoms with Gasteiger partial charge in [0.05, 0.1) is 5.56 Å². The molecule has 2 fully saturated rings. The monoisotopic (exact) mass is 530 g/mol. The van der Waals surface area contributed by atoms with Crippen molar-refractivity contribution in [1.82, 2.24) is 15.1 Å². The number of carbonyl (C=O) groups is 4. The van der Waals surface area contributed by atoms with Crippen LogP contribution in [0.3, 0.4) is 0 Å². The Kier molecular flexibility index (Phi) is 7.22. The number of urea groups is 1. The first-order chi connectivity index (χ1) is 17.9. The molecular formula is C27H29F3N4O4. The zero-order valence-electron chi connectivity index (χ0n) is 21.3. The number of piperidine rings is 1. The maximum atomic E-state index is 13.5. The van der Waals surface area contributed by atoms with E-state index in [1.807, 2.05) is 6.07 Å². The molecule has 2 saturated heterocycles. The number of rotatable bonds is 5. The lowest BCUT2D eigenvalue weighted by Gasteiger charge is -2.43. The molecule has 0 aliphatic carbocycles. The Morgan fingerprint density at radius 3 is 2.18 bits per heavy atom. The number of likely N-dealkylation sites (tertiary alicyclic amines) is 1. The number of nitrogens with one attached hydrogen (secondary N) is 1. The zero-order chi connectivity index (χ0) is 27.8. The number of anilines is 1. The van der Waals surface area contributed by atoms with Gasteiger partial charge in [-0.15, -0.1) is 0 Å². The molecule has 0 aromatic heterocycles. The number of likely N-dealkylation sites (N-methyl/N-ethyl adjacent to an activating group) is 1. The standard InChI is InChI=1S/C27H29F3N4O4/c1-17(2)21(31-22(35)18-8-7-9-19(16-18)27(28,29)30)23(36)33-14-12-26(13-15-33)24(37)32(3)25(38)34(26)20-10-5-4-6-11-20/h4-11,16-17,21H,12-15H2,1-3H3,(H,31,35). The highest BCUT2D eigenvalue weighted by molar-refractivity contribution is 6.16. The lowest BCUT2D eigenvalue weighted by atomic mass is 9.85. The van der Waals surface area contributed by atoms with Crippen LogP contribution in [0, 0.1) is 5.92 Å². The largest absolute Gasteiger partial charge is 0.416 e. The van der Waals surface area contributed by atoms with Crippen LogP contribution in [0.25, 0.3) is 0 Å². The second-order valence-corrected chi connectivity index (χ2v) is 9.95. The molecule has 2 aliphatic heterocycles. The third kappa shape index (κ3) is 4.84. The van der Waals surface area contributed by atoms with Gasteiger partial charge in [0.2, 0.25) is 5.91 Å². The van der Waals surface area contributed by atoms with Crippen molar-refractivity contribution in [2.75, 3.05) is 25.0 Å². The van der Waals surface area contributed by atoms with Crippen molar-refractivity contribution in [3.05, 3.63) is 65.7 Å². The normalized spacial score (nSPS) is 18.3. The fourth-order valence-electron chi connectivity index (χ4n) is 5.07. The number of amides is 5. The molecule has 4 rings (SSSR count). The van der Waals surface area contributed by atoms with Crippen LogP contribution in [0.15, 0.2) is 54.6 Å². The molecular weight excluding hydrogens is 501 g/mol. The Balaban J connectivity index is 1.50. The summed E-state index contributed by atoms with van der Waals surface area (Å²) in [4.78, 5) is 56.6. The maximum Gasteiger partial charge on any atom is 0.416 e. The van der Waals surface area contributed by atoms with Gasteiger partial charge in [-0.25, -0.2) is 4.79 Å². The Hall–Kier alpha value is -3.89. The van der Waals surface area contributed by atoms with Crippen molar-refractivity contribution >= 4 is 29.4 Å². The summed E-state index contributed by atoms with van der Waals surface area (Å²) >= 11 is 0. The summed E-state index contributed by atoms with van der Waals surface area (Å²) in [6.07, 6.45) is -4.20. The van der Waals surface area contributed by atoms with Gasteiger partial charge in [0.25, 0.3) is 11.8 Å². The van der Waals surface area contributed by atoms with E-state index in [1.54, 1.807) is 38.1 Å². The topological polar surface area (TPSA) is 90.0 Å². The molecule has 202 valence electrons. The summed E-state index contributed by atoms with van der Waals surface area (Å²) in [5.74, 6) is -1.87. The second kappa shape index (κ2) is 10.1. The van der Waals surface area contributed by atoms with Crippen LogP contribution >= 0.6 is 0 Å². The molecule has 5 amide bonds. The molecule has 1 atom stereocenters. The lowest BCUT2D eigenvalue weighted by Crippen LogP contribution is -2.60. The number of halogens is 3. The first-order valence-electron chi connectivity index (χ1n) is 12.3. The fourth-order valence-corrected chi connectivity index (χ4v) is 5.07. The van der Waals surface area contributed by atoms with E-state index in [0.29, 0.717) is 5.69 Å². The van der Waals surface area contributed by atoms with Gasteiger partial charge in [0, 0.05) is 31.4 Å². The summed E-state index contributed by atoms with van der Waals surface area (Å²) in [6.45, 7) is 3.78. The average molecular weight is 531 g/mol. The highest BCUT2D eigenvalue weighted by Gasteiger charge is 2.58. The number of hydrogen-bond acceptors (Lipinski definition) is 4. The first-order valence-corrected chi connectivity index (χ1v) is 12.3. The van der Waals surface area contributed by atoms with Gasteiger partial charge in [-0.1, -0.05) is 38.1 Å². The Morgan fingerprint density at radius 1 is 0.974 bits per heavy atom. The van der Waals surface area contributed by atoms with Crippen LogP contribution in [-0.2, 0) is 15.8 Å². The molecule has 0 saturated carbocycles. The van der Waals surface area contributed by atoms with Crippen LogP contribution in [-0.4, -0.2) is 65.3 Å². The van der Waals surface area contributed by atoms with Crippen LogP contribution < -0.4 is 10.2 Å². The molecule has 2 aliphatic rings. The van der Waals surface area contributed by atoms with E-state index in [0.717, 1.165) is 23.1 Å². The fraction of sp³-hybridized carbons (Fsp3) is 0.407. The molecule has 1 spiro atoms. The van der Waals surface area contributed by atoms with E-state index in [1.165, 1.54) is 22.9 Å². The Bertz CT molecular complexity index is 1240. The molecule has 0 bridgehead atoms. The number of nitrogens with zero attached hydrogens (tertiary/aromatic N) is 3. The zero-order valence-corrected chi connectivity index (χ0v) is 21.3. The number of hydrogen-bond donors (Lipinski definition) is 1. The van der Waals surface area contributed by atoms with Crippen molar-refractivity contribution in [3.63, 3.8) is 0 Å². The highest BCUT2D eigenvalue weighted by Crippen LogP contribution is 2.40. The number of alkyl halides is 3. The van der Waals surface area contributed by atoms with E-state index < -0.39 is 41.2 Å². The number of para-hydroxylation sites is 1. The molecule has 2 heterocycles. The first kappa shape index (κ1) is 27.2. The van der Waals surface area contributed by atoms with Gasteiger partial charge >= 0.3 is 12.2 Å². The quantitative estimate of drug-likeness (QED) is 0.594. The number of imide groups is 1. The molecule has 2 aromatic rings. The van der Waals surface area contributed by atoms with Gasteiger partial charge < -0.3 is 10.2 Å². The van der Waals surface area contributed by atoms with Crippen LogP contribution in [0.2, 0.25) is 0 Å². The van der Waals surface area contributed by atoms with Crippen LogP contribution in [0.5, 0.6) is 0 Å². The minimum atomic E-state index is -4.60. The minimum Gasteiger partial charge on any atom is -0.341 e. The summed E-state index contributed by atoms with van der Waals surface area (Å²) < 4.78 is 39.3. The maximum absolute atomic E-state index is 13.5. The Labute approximate surface area is 218 Å². The molecule has 38 heavy (non-hydrogen) atoms. The SMILES string of the molecule is CC(C)C(NC(=O)c1cccc(C(F)(F)F)c1)C(=O)N1CCC2(CC1)C(=O)N(C)C(=O)N2c1ccccc1. The molecule has 8 nitrogen and oxygen atoms in total. The van der Waals surface area contributed by atoms with E-state index in [-0.39, 0.29) is 43.3 Å². The summed E-state index contributed by atoms with van der Waals surface area (Å²) in [5.41, 5.74) is -1.70. The lowest BCUT2D eigenvalue weighted by molar-refractivity contribution is -0.139.